The van der Waals surface area contributed by atoms with Crippen molar-refractivity contribution < 1.29 is 13.5 Å². The molecule has 0 fully saturated rings. The van der Waals surface area contributed by atoms with E-state index in [1.54, 1.807) is 11.6 Å². The lowest BCUT2D eigenvalue weighted by Crippen LogP contribution is -2.32. The van der Waals surface area contributed by atoms with Crippen molar-refractivity contribution in [3.63, 3.8) is 0 Å². The molecule has 0 bridgehead atoms. The van der Waals surface area contributed by atoms with Crippen LogP contribution in [0.2, 0.25) is 5.15 Å². The molecule has 2 aromatic rings. The minimum absolute atomic E-state index is 0.0378. The second-order valence-corrected chi connectivity index (χ2v) is 6.97. The van der Waals surface area contributed by atoms with Crippen molar-refractivity contribution in [2.24, 2.45) is 0 Å². The first-order valence-corrected chi connectivity index (χ1v) is 8.48. The summed E-state index contributed by atoms with van der Waals surface area (Å²) in [5, 5.41) is 11.1. The first-order chi connectivity index (χ1) is 8.95. The van der Waals surface area contributed by atoms with Gasteiger partial charge in [-0.3, -0.25) is 4.40 Å². The molecule has 0 amide bonds. The molecule has 2 aromatic heterocycles. The fourth-order valence-electron chi connectivity index (χ4n) is 1.69. The summed E-state index contributed by atoms with van der Waals surface area (Å²) in [5.74, 6) is 0. The van der Waals surface area contributed by atoms with Gasteiger partial charge < -0.3 is 5.11 Å². The Morgan fingerprint density at radius 3 is 3.05 bits per heavy atom. The fourth-order valence-corrected chi connectivity index (χ4v) is 4.21. The molecule has 0 aliphatic rings. The van der Waals surface area contributed by atoms with E-state index in [1.165, 1.54) is 15.7 Å². The lowest BCUT2D eigenvalue weighted by atomic mass is 10.2. The lowest BCUT2D eigenvalue weighted by Gasteiger charge is -2.10. The molecule has 0 radical (unpaired) electrons. The van der Waals surface area contributed by atoms with Crippen molar-refractivity contribution in [2.45, 2.75) is 30.9 Å². The highest BCUT2D eigenvalue weighted by atomic mass is 35.5. The van der Waals surface area contributed by atoms with E-state index in [0.717, 1.165) is 6.42 Å². The summed E-state index contributed by atoms with van der Waals surface area (Å²) in [6.45, 7) is 1.88. The van der Waals surface area contributed by atoms with Crippen LogP contribution in [0.4, 0.5) is 0 Å². The van der Waals surface area contributed by atoms with Gasteiger partial charge in [-0.15, -0.1) is 11.3 Å². The fraction of sp³-hybridized carbons (Fsp3) is 0.500. The van der Waals surface area contributed by atoms with Gasteiger partial charge in [0.05, 0.1) is 6.10 Å². The maximum atomic E-state index is 12.2. The molecule has 0 saturated carbocycles. The third-order valence-corrected chi connectivity index (χ3v) is 5.14. The minimum Gasteiger partial charge on any atom is -0.392 e. The van der Waals surface area contributed by atoms with Crippen molar-refractivity contribution >= 4 is 37.9 Å². The third-order valence-electron chi connectivity index (χ3n) is 2.56. The largest absolute Gasteiger partial charge is 0.392 e. The Balaban J connectivity index is 2.24. The molecule has 9 heteroatoms. The van der Waals surface area contributed by atoms with Crippen LogP contribution in [0.25, 0.3) is 4.96 Å². The average molecular weight is 324 g/mol. The second-order valence-electron chi connectivity index (χ2n) is 4.06. The molecule has 2 heterocycles. The topological polar surface area (TPSA) is 83.7 Å². The Morgan fingerprint density at radius 1 is 1.63 bits per heavy atom. The van der Waals surface area contributed by atoms with E-state index < -0.39 is 16.1 Å². The zero-order chi connectivity index (χ0) is 14.0. The first kappa shape index (κ1) is 14.7. The number of nitrogens with one attached hydrogen (secondary N) is 1. The molecule has 2 N–H and O–H groups in total. The van der Waals surface area contributed by atoms with Crippen LogP contribution in [-0.4, -0.2) is 35.6 Å². The number of aliphatic hydroxyl groups is 1. The first-order valence-electron chi connectivity index (χ1n) is 5.74. The predicted molar refractivity (Wildman–Crippen MR) is 74.2 cm³/mol. The number of aliphatic hydroxyl groups excluding tert-OH is 1. The molecule has 106 valence electrons. The van der Waals surface area contributed by atoms with Gasteiger partial charge in [0.25, 0.3) is 10.0 Å². The van der Waals surface area contributed by atoms with Crippen molar-refractivity contribution in [2.75, 3.05) is 6.54 Å². The van der Waals surface area contributed by atoms with Gasteiger partial charge in [-0.25, -0.2) is 18.1 Å². The van der Waals surface area contributed by atoms with Gasteiger partial charge in [0.2, 0.25) is 0 Å². The van der Waals surface area contributed by atoms with E-state index in [2.05, 4.69) is 9.71 Å². The maximum Gasteiger partial charge on any atom is 0.259 e. The number of fused-ring (bicyclic) bond motifs is 1. The summed E-state index contributed by atoms with van der Waals surface area (Å²) in [7, 11) is -3.79. The Labute approximate surface area is 120 Å². The Hall–Kier alpha value is -0.670. The van der Waals surface area contributed by atoms with E-state index in [0.29, 0.717) is 11.4 Å². The highest BCUT2D eigenvalue weighted by Gasteiger charge is 2.25. The number of nitrogens with zero attached hydrogens (tertiary/aromatic N) is 2. The molecule has 2 rings (SSSR count). The van der Waals surface area contributed by atoms with Gasteiger partial charge >= 0.3 is 0 Å². The van der Waals surface area contributed by atoms with Crippen LogP contribution in [0.15, 0.2) is 16.6 Å². The second kappa shape index (κ2) is 5.76. The number of imidazole rings is 1. The van der Waals surface area contributed by atoms with Gasteiger partial charge in [0, 0.05) is 18.1 Å². The number of aromatic nitrogens is 2. The van der Waals surface area contributed by atoms with Crippen LogP contribution < -0.4 is 4.72 Å². The highest BCUT2D eigenvalue weighted by molar-refractivity contribution is 7.89. The number of hydrogen-bond acceptors (Lipinski definition) is 5. The van der Waals surface area contributed by atoms with E-state index >= 15 is 0 Å². The third kappa shape index (κ3) is 3.09. The van der Waals surface area contributed by atoms with Crippen molar-refractivity contribution in [3.05, 3.63) is 16.7 Å². The molecular weight excluding hydrogens is 310 g/mol. The zero-order valence-corrected chi connectivity index (χ0v) is 12.6. The predicted octanol–water partition coefficient (Wildman–Crippen LogP) is 1.49. The minimum atomic E-state index is -3.79. The summed E-state index contributed by atoms with van der Waals surface area (Å²) >= 11 is 7.16. The Kier molecular flexibility index (Phi) is 4.46. The molecular formula is C10H14ClN3O3S2. The Bertz CT molecular complexity index is 665. The van der Waals surface area contributed by atoms with Gasteiger partial charge in [-0.1, -0.05) is 24.9 Å². The highest BCUT2D eigenvalue weighted by Crippen LogP contribution is 2.25. The quantitative estimate of drug-likeness (QED) is 0.843. The van der Waals surface area contributed by atoms with Crippen LogP contribution in [-0.2, 0) is 10.0 Å². The maximum absolute atomic E-state index is 12.2. The smallest absolute Gasteiger partial charge is 0.259 e. The SMILES string of the molecule is CCCC(O)CNS(=O)(=O)c1c(Cl)nc2sccn12. The summed E-state index contributed by atoms with van der Waals surface area (Å²) in [6, 6.07) is 0. The molecule has 19 heavy (non-hydrogen) atoms. The van der Waals surface area contributed by atoms with Gasteiger partial charge in [0.15, 0.2) is 15.1 Å². The summed E-state index contributed by atoms with van der Waals surface area (Å²) in [4.78, 5) is 4.48. The van der Waals surface area contributed by atoms with Crippen LogP contribution in [0.3, 0.4) is 0 Å². The molecule has 0 saturated heterocycles. The standard InChI is InChI=1S/C10H14ClN3O3S2/c1-2-3-7(15)6-12-19(16,17)9-8(11)13-10-14(9)4-5-18-10/h4-5,7,12,15H,2-3,6H2,1H3. The molecule has 0 aromatic carbocycles. The number of hydrogen-bond donors (Lipinski definition) is 2. The van der Waals surface area contributed by atoms with Gasteiger partial charge in [-0.2, -0.15) is 0 Å². The van der Waals surface area contributed by atoms with Crippen LogP contribution in [0.1, 0.15) is 19.8 Å². The molecule has 1 unspecified atom stereocenters. The molecule has 6 nitrogen and oxygen atoms in total. The summed E-state index contributed by atoms with van der Waals surface area (Å²) in [6.07, 6.45) is 2.21. The van der Waals surface area contributed by atoms with Crippen molar-refractivity contribution in [1.29, 1.82) is 0 Å². The Morgan fingerprint density at radius 2 is 2.37 bits per heavy atom. The molecule has 0 aliphatic carbocycles. The van der Waals surface area contributed by atoms with Crippen molar-refractivity contribution in [1.82, 2.24) is 14.1 Å². The summed E-state index contributed by atoms with van der Waals surface area (Å²) < 4.78 is 28.1. The van der Waals surface area contributed by atoms with E-state index in [1.807, 2.05) is 6.92 Å². The molecule has 1 atom stereocenters. The number of rotatable bonds is 6. The molecule has 0 aliphatic heterocycles. The number of thiazole rings is 1. The average Bonchev–Trinajstić information content (AvgIpc) is 2.86. The lowest BCUT2D eigenvalue weighted by molar-refractivity contribution is 0.167. The summed E-state index contributed by atoms with van der Waals surface area (Å²) in [5.41, 5.74) is 0. The molecule has 0 spiro atoms. The van der Waals surface area contributed by atoms with Gasteiger partial charge in [0.1, 0.15) is 0 Å². The van der Waals surface area contributed by atoms with Gasteiger partial charge in [-0.05, 0) is 6.42 Å². The number of sulfonamides is 1. The monoisotopic (exact) mass is 323 g/mol. The van der Waals surface area contributed by atoms with Crippen LogP contribution >= 0.6 is 22.9 Å². The zero-order valence-electron chi connectivity index (χ0n) is 10.2. The normalized spacial score (nSPS) is 14.1. The van der Waals surface area contributed by atoms with Crippen molar-refractivity contribution in [3.8, 4) is 0 Å². The van der Waals surface area contributed by atoms with Crippen LogP contribution in [0.5, 0.6) is 0 Å². The van der Waals surface area contributed by atoms with E-state index in [9.17, 15) is 13.5 Å². The van der Waals surface area contributed by atoms with E-state index in [-0.39, 0.29) is 16.7 Å². The van der Waals surface area contributed by atoms with E-state index in [4.69, 9.17) is 11.6 Å². The van der Waals surface area contributed by atoms with Crippen LogP contribution in [0, 0.1) is 0 Å². The number of halogens is 1.